The summed E-state index contributed by atoms with van der Waals surface area (Å²) in [5, 5.41) is 9.05. The van der Waals surface area contributed by atoms with Gasteiger partial charge in [0.2, 0.25) is 4.21 Å². The molecular weight excluding hydrogens is 392 g/mol. The molecule has 0 aliphatic heterocycles. The Morgan fingerprint density at radius 3 is 2.89 bits per heavy atom. The third kappa shape index (κ3) is 3.36. The topological polar surface area (TPSA) is 106 Å². The Balaban J connectivity index is 1.95. The standard InChI is InChI=1S/C19H20N6OS2/c1-3-4-8-28(26)19-16(20)15-13(17-24-22-11-25(17)2)9-14(23-18(15)27-19)12-6-5-7-21-10-12/h5-7,9-11H,3-4,8,20H2,1-2H3. The molecule has 0 spiro atoms. The second-order valence-corrected chi connectivity index (χ2v) is 9.21. The van der Waals surface area contributed by atoms with Crippen molar-refractivity contribution in [3.63, 3.8) is 0 Å². The maximum Gasteiger partial charge on any atom is 0.232 e. The maximum absolute atomic E-state index is 12.8. The van der Waals surface area contributed by atoms with Crippen LogP contribution in [0, 0.1) is 0 Å². The number of anilines is 1. The minimum Gasteiger partial charge on any atom is -0.611 e. The van der Waals surface area contributed by atoms with Gasteiger partial charge in [0, 0.05) is 30.6 Å². The summed E-state index contributed by atoms with van der Waals surface area (Å²) < 4.78 is 15.3. The molecule has 9 heteroatoms. The van der Waals surface area contributed by atoms with E-state index in [0.717, 1.165) is 39.9 Å². The molecule has 0 aliphatic carbocycles. The predicted molar refractivity (Wildman–Crippen MR) is 113 cm³/mol. The first-order valence-electron chi connectivity index (χ1n) is 8.96. The smallest absolute Gasteiger partial charge is 0.232 e. The van der Waals surface area contributed by atoms with Crippen LogP contribution in [0.1, 0.15) is 19.8 Å². The summed E-state index contributed by atoms with van der Waals surface area (Å²) in [7, 11) is 1.88. The molecule has 4 aromatic heterocycles. The lowest BCUT2D eigenvalue weighted by Gasteiger charge is -2.09. The summed E-state index contributed by atoms with van der Waals surface area (Å²) >= 11 is 0.254. The number of nitrogens with two attached hydrogens (primary N) is 1. The molecule has 0 amide bonds. The lowest BCUT2D eigenvalue weighted by molar-refractivity contribution is 0.594. The van der Waals surface area contributed by atoms with Crippen molar-refractivity contribution in [3.05, 3.63) is 36.9 Å². The number of fused-ring (bicyclic) bond motifs is 1. The van der Waals surface area contributed by atoms with Crippen molar-refractivity contribution in [1.29, 1.82) is 0 Å². The normalized spacial score (nSPS) is 12.5. The Morgan fingerprint density at radius 2 is 2.21 bits per heavy atom. The van der Waals surface area contributed by atoms with Crippen molar-refractivity contribution in [2.45, 2.75) is 24.0 Å². The quantitative estimate of drug-likeness (QED) is 0.485. The van der Waals surface area contributed by atoms with E-state index < -0.39 is 11.2 Å². The fraction of sp³-hybridized carbons (Fsp3) is 0.263. The molecule has 0 aromatic carbocycles. The van der Waals surface area contributed by atoms with Crippen LogP contribution in [0.4, 0.5) is 5.69 Å². The van der Waals surface area contributed by atoms with Gasteiger partial charge in [0.25, 0.3) is 0 Å². The van der Waals surface area contributed by atoms with Crippen LogP contribution in [0.25, 0.3) is 32.9 Å². The van der Waals surface area contributed by atoms with Gasteiger partial charge in [-0.3, -0.25) is 4.98 Å². The van der Waals surface area contributed by atoms with Gasteiger partial charge in [-0.25, -0.2) is 4.98 Å². The van der Waals surface area contributed by atoms with Crippen LogP contribution in [0.2, 0.25) is 0 Å². The summed E-state index contributed by atoms with van der Waals surface area (Å²) in [4.78, 5) is 9.74. The van der Waals surface area contributed by atoms with Crippen molar-refractivity contribution in [2.24, 2.45) is 7.05 Å². The molecule has 0 radical (unpaired) electrons. The van der Waals surface area contributed by atoms with E-state index in [-0.39, 0.29) is 0 Å². The second kappa shape index (κ2) is 7.86. The van der Waals surface area contributed by atoms with Crippen LogP contribution in [-0.2, 0) is 18.2 Å². The van der Waals surface area contributed by atoms with E-state index in [9.17, 15) is 4.55 Å². The highest BCUT2D eigenvalue weighted by atomic mass is 32.2. The number of thiophene rings is 1. The summed E-state index contributed by atoms with van der Waals surface area (Å²) in [6.07, 6.45) is 7.03. The first kappa shape index (κ1) is 18.9. The number of hydrogen-bond donors (Lipinski definition) is 1. The van der Waals surface area contributed by atoms with Gasteiger partial charge in [-0.2, -0.15) is 0 Å². The van der Waals surface area contributed by atoms with Crippen LogP contribution < -0.4 is 5.73 Å². The average molecular weight is 413 g/mol. The highest BCUT2D eigenvalue weighted by Crippen LogP contribution is 2.42. The molecular formula is C19H20N6OS2. The summed E-state index contributed by atoms with van der Waals surface area (Å²) in [5.41, 5.74) is 9.49. The minimum absolute atomic E-state index is 0.526. The molecule has 4 heterocycles. The zero-order valence-corrected chi connectivity index (χ0v) is 17.3. The van der Waals surface area contributed by atoms with Gasteiger partial charge >= 0.3 is 0 Å². The SMILES string of the molecule is CCCC[S+]([O-])c1sc2nc(-c3cccnc3)cc(-c3nncn3C)c2c1N. The first-order chi connectivity index (χ1) is 13.6. The third-order valence-corrected chi connectivity index (χ3v) is 7.46. The number of unbranched alkanes of at least 4 members (excludes halogenated alkanes) is 1. The van der Waals surface area contributed by atoms with Crippen molar-refractivity contribution >= 4 is 38.4 Å². The van der Waals surface area contributed by atoms with Gasteiger partial charge in [-0.05, 0) is 35.8 Å². The molecule has 4 aromatic rings. The summed E-state index contributed by atoms with van der Waals surface area (Å²) in [6, 6.07) is 5.78. The van der Waals surface area contributed by atoms with Gasteiger partial charge in [-0.1, -0.05) is 24.7 Å². The Bertz CT molecular complexity index is 1110. The minimum atomic E-state index is -1.14. The molecule has 144 valence electrons. The van der Waals surface area contributed by atoms with Gasteiger partial charge in [0.1, 0.15) is 22.6 Å². The molecule has 1 unspecified atom stereocenters. The van der Waals surface area contributed by atoms with E-state index in [1.54, 1.807) is 18.7 Å². The zero-order chi connectivity index (χ0) is 19.7. The van der Waals surface area contributed by atoms with Gasteiger partial charge in [-0.15, -0.1) is 10.2 Å². The van der Waals surface area contributed by atoms with Crippen molar-refractivity contribution in [3.8, 4) is 22.6 Å². The van der Waals surface area contributed by atoms with E-state index in [2.05, 4.69) is 22.1 Å². The summed E-state index contributed by atoms with van der Waals surface area (Å²) in [6.45, 7) is 2.08. The van der Waals surface area contributed by atoms with Crippen LogP contribution in [0.3, 0.4) is 0 Å². The second-order valence-electron chi connectivity index (χ2n) is 6.45. The van der Waals surface area contributed by atoms with Crippen LogP contribution in [0.15, 0.2) is 41.1 Å². The molecule has 28 heavy (non-hydrogen) atoms. The molecule has 2 N–H and O–H groups in total. The molecule has 0 aliphatic rings. The molecule has 0 fully saturated rings. The number of nitrogen functional groups attached to an aromatic ring is 1. The first-order valence-corrected chi connectivity index (χ1v) is 11.1. The highest BCUT2D eigenvalue weighted by molar-refractivity contribution is 7.93. The Morgan fingerprint density at radius 1 is 1.36 bits per heavy atom. The molecule has 0 saturated carbocycles. The Labute approximate surface area is 169 Å². The van der Waals surface area contributed by atoms with Crippen LogP contribution in [0.5, 0.6) is 0 Å². The number of rotatable bonds is 6. The largest absolute Gasteiger partial charge is 0.611 e. The van der Waals surface area contributed by atoms with Gasteiger partial charge < -0.3 is 14.9 Å². The van der Waals surface area contributed by atoms with E-state index in [1.807, 2.05) is 29.8 Å². The predicted octanol–water partition coefficient (Wildman–Crippen LogP) is 3.64. The molecule has 1 atom stereocenters. The van der Waals surface area contributed by atoms with Gasteiger partial charge in [0.05, 0.1) is 11.1 Å². The molecule has 7 nitrogen and oxygen atoms in total. The highest BCUT2D eigenvalue weighted by Gasteiger charge is 2.25. The number of aryl methyl sites for hydroxylation is 1. The molecule has 0 saturated heterocycles. The summed E-state index contributed by atoms with van der Waals surface area (Å²) in [5.74, 6) is 1.29. The lowest BCUT2D eigenvalue weighted by atomic mass is 10.1. The van der Waals surface area contributed by atoms with E-state index in [1.165, 1.54) is 11.3 Å². The van der Waals surface area contributed by atoms with Crippen LogP contribution in [-0.4, -0.2) is 35.0 Å². The Kier molecular flexibility index (Phi) is 5.29. The van der Waals surface area contributed by atoms with Crippen molar-refractivity contribution in [1.82, 2.24) is 24.7 Å². The number of pyridine rings is 2. The number of aromatic nitrogens is 5. The van der Waals surface area contributed by atoms with Crippen molar-refractivity contribution in [2.75, 3.05) is 11.5 Å². The molecule has 0 bridgehead atoms. The van der Waals surface area contributed by atoms with E-state index in [0.29, 0.717) is 21.5 Å². The fourth-order valence-electron chi connectivity index (χ4n) is 3.00. The van der Waals surface area contributed by atoms with E-state index >= 15 is 0 Å². The average Bonchev–Trinajstić information content (AvgIpc) is 3.29. The van der Waals surface area contributed by atoms with Crippen molar-refractivity contribution < 1.29 is 4.55 Å². The maximum atomic E-state index is 12.8. The monoisotopic (exact) mass is 412 g/mol. The van der Waals surface area contributed by atoms with Gasteiger partial charge in [0.15, 0.2) is 5.82 Å². The number of hydrogen-bond acceptors (Lipinski definition) is 7. The molecule has 4 rings (SSSR count). The number of nitrogens with zero attached hydrogens (tertiary/aromatic N) is 5. The third-order valence-electron chi connectivity index (χ3n) is 4.46. The Hall–Kier alpha value is -2.49. The lowest BCUT2D eigenvalue weighted by Crippen LogP contribution is -2.07. The van der Waals surface area contributed by atoms with E-state index in [4.69, 9.17) is 10.7 Å². The zero-order valence-electron chi connectivity index (χ0n) is 15.6. The van der Waals surface area contributed by atoms with Crippen LogP contribution >= 0.6 is 11.3 Å². The fourth-order valence-corrected chi connectivity index (χ4v) is 5.80.